The fourth-order valence-electron chi connectivity index (χ4n) is 1.08. The number of ether oxygens (including phenoxy) is 1. The third-order valence-corrected chi connectivity index (χ3v) is 3.19. The lowest BCUT2D eigenvalue weighted by atomic mass is 9.82. The van der Waals surface area contributed by atoms with E-state index < -0.39 is 0 Å². The molecular formula is C14H20O2. The van der Waals surface area contributed by atoms with E-state index in [0.717, 1.165) is 12.0 Å². The molecule has 0 heterocycles. The van der Waals surface area contributed by atoms with E-state index in [1.165, 1.54) is 0 Å². The highest BCUT2D eigenvalue weighted by atomic mass is 16.5. The number of hydrogen-bond donors (Lipinski definition) is 0. The highest BCUT2D eigenvalue weighted by Gasteiger charge is 2.23. The van der Waals surface area contributed by atoms with Crippen molar-refractivity contribution in [2.45, 2.75) is 27.7 Å². The number of hydrogen-bond acceptors (Lipinski definition) is 2. The Bertz CT molecular complexity index is 336. The standard InChI is InChI=1S/C14H20O2/c1-11(2)14(3,4)10-16-13-7-5-12(9-15)6-8-13/h5-9,11H,10H2,1-4H3. The maximum atomic E-state index is 10.5. The van der Waals surface area contributed by atoms with Crippen molar-refractivity contribution in [2.75, 3.05) is 6.61 Å². The molecule has 0 aliphatic heterocycles. The smallest absolute Gasteiger partial charge is 0.150 e. The van der Waals surface area contributed by atoms with Crippen molar-refractivity contribution in [1.82, 2.24) is 0 Å². The van der Waals surface area contributed by atoms with E-state index in [0.29, 0.717) is 18.1 Å². The molecule has 0 bridgehead atoms. The number of rotatable bonds is 5. The Morgan fingerprint density at radius 1 is 1.25 bits per heavy atom. The van der Waals surface area contributed by atoms with Gasteiger partial charge in [-0.15, -0.1) is 0 Å². The van der Waals surface area contributed by atoms with Crippen LogP contribution in [0.15, 0.2) is 24.3 Å². The summed E-state index contributed by atoms with van der Waals surface area (Å²) in [5, 5.41) is 0. The van der Waals surface area contributed by atoms with Gasteiger partial charge in [0.15, 0.2) is 0 Å². The number of aldehydes is 1. The third kappa shape index (κ3) is 3.37. The highest BCUT2D eigenvalue weighted by Crippen LogP contribution is 2.27. The minimum absolute atomic E-state index is 0.156. The molecule has 0 aromatic heterocycles. The van der Waals surface area contributed by atoms with Gasteiger partial charge in [-0.2, -0.15) is 0 Å². The molecule has 2 nitrogen and oxygen atoms in total. The molecule has 1 aromatic rings. The topological polar surface area (TPSA) is 26.3 Å². The van der Waals surface area contributed by atoms with Crippen molar-refractivity contribution in [3.63, 3.8) is 0 Å². The van der Waals surface area contributed by atoms with E-state index in [2.05, 4.69) is 27.7 Å². The summed E-state index contributed by atoms with van der Waals surface area (Å²) in [5.74, 6) is 1.39. The van der Waals surface area contributed by atoms with E-state index >= 15 is 0 Å². The first-order valence-electron chi connectivity index (χ1n) is 5.64. The predicted octanol–water partition coefficient (Wildman–Crippen LogP) is 3.56. The zero-order valence-electron chi connectivity index (χ0n) is 10.5. The lowest BCUT2D eigenvalue weighted by Gasteiger charge is -2.28. The summed E-state index contributed by atoms with van der Waals surface area (Å²) >= 11 is 0. The van der Waals surface area contributed by atoms with Gasteiger partial charge in [0.25, 0.3) is 0 Å². The lowest BCUT2D eigenvalue weighted by Crippen LogP contribution is -2.27. The van der Waals surface area contributed by atoms with Crippen LogP contribution in [0, 0.1) is 11.3 Å². The summed E-state index contributed by atoms with van der Waals surface area (Å²) < 4.78 is 5.72. The zero-order valence-corrected chi connectivity index (χ0v) is 10.5. The van der Waals surface area contributed by atoms with Gasteiger partial charge in [0, 0.05) is 11.0 Å². The fourth-order valence-corrected chi connectivity index (χ4v) is 1.08. The van der Waals surface area contributed by atoms with Crippen molar-refractivity contribution in [3.05, 3.63) is 29.8 Å². The molecule has 16 heavy (non-hydrogen) atoms. The van der Waals surface area contributed by atoms with Crippen molar-refractivity contribution < 1.29 is 9.53 Å². The molecule has 0 atom stereocenters. The Labute approximate surface area is 97.6 Å². The quantitative estimate of drug-likeness (QED) is 0.709. The van der Waals surface area contributed by atoms with Crippen LogP contribution in [0.2, 0.25) is 0 Å². The molecule has 0 fully saturated rings. The molecular weight excluding hydrogens is 200 g/mol. The first kappa shape index (κ1) is 12.8. The van der Waals surface area contributed by atoms with Crippen LogP contribution < -0.4 is 4.74 Å². The van der Waals surface area contributed by atoms with Gasteiger partial charge in [0.2, 0.25) is 0 Å². The first-order valence-corrected chi connectivity index (χ1v) is 5.64. The summed E-state index contributed by atoms with van der Waals surface area (Å²) in [6, 6.07) is 7.20. The number of carbonyl (C=O) groups excluding carboxylic acids is 1. The first-order chi connectivity index (χ1) is 7.45. The maximum absolute atomic E-state index is 10.5. The van der Waals surface area contributed by atoms with E-state index in [4.69, 9.17) is 4.74 Å². The monoisotopic (exact) mass is 220 g/mol. The summed E-state index contributed by atoms with van der Waals surface area (Å²) in [7, 11) is 0. The van der Waals surface area contributed by atoms with Gasteiger partial charge >= 0.3 is 0 Å². The molecule has 0 unspecified atom stereocenters. The highest BCUT2D eigenvalue weighted by molar-refractivity contribution is 5.74. The lowest BCUT2D eigenvalue weighted by molar-refractivity contribution is 0.112. The van der Waals surface area contributed by atoms with Crippen molar-refractivity contribution in [1.29, 1.82) is 0 Å². The molecule has 0 spiro atoms. The Kier molecular flexibility index (Phi) is 4.11. The van der Waals surface area contributed by atoms with Crippen LogP contribution in [-0.4, -0.2) is 12.9 Å². The Morgan fingerprint density at radius 2 is 1.81 bits per heavy atom. The SMILES string of the molecule is CC(C)C(C)(C)COc1ccc(C=O)cc1. The third-order valence-electron chi connectivity index (χ3n) is 3.19. The number of benzene rings is 1. The molecule has 0 amide bonds. The van der Waals surface area contributed by atoms with Crippen molar-refractivity contribution >= 4 is 6.29 Å². The Hall–Kier alpha value is -1.31. The van der Waals surface area contributed by atoms with Crippen LogP contribution in [0.3, 0.4) is 0 Å². The Morgan fingerprint density at radius 3 is 2.25 bits per heavy atom. The molecule has 0 aliphatic carbocycles. The molecule has 1 rings (SSSR count). The molecule has 0 radical (unpaired) electrons. The molecule has 0 N–H and O–H groups in total. The molecule has 1 aromatic carbocycles. The summed E-state index contributed by atoms with van der Waals surface area (Å²) in [6.07, 6.45) is 0.835. The minimum Gasteiger partial charge on any atom is -0.493 e. The average Bonchev–Trinajstić information content (AvgIpc) is 2.27. The van der Waals surface area contributed by atoms with Gasteiger partial charge in [-0.1, -0.05) is 27.7 Å². The molecule has 2 heteroatoms. The minimum atomic E-state index is 0.156. The second kappa shape index (κ2) is 5.15. The average molecular weight is 220 g/mol. The van der Waals surface area contributed by atoms with E-state index in [1.54, 1.807) is 12.1 Å². The second-order valence-electron chi connectivity index (χ2n) is 5.12. The normalized spacial score (nSPS) is 11.6. The molecule has 88 valence electrons. The van der Waals surface area contributed by atoms with Gasteiger partial charge in [-0.3, -0.25) is 4.79 Å². The molecule has 0 saturated carbocycles. The van der Waals surface area contributed by atoms with Crippen LogP contribution in [-0.2, 0) is 0 Å². The van der Waals surface area contributed by atoms with Gasteiger partial charge < -0.3 is 4.74 Å². The zero-order chi connectivity index (χ0) is 12.2. The van der Waals surface area contributed by atoms with Gasteiger partial charge in [0.1, 0.15) is 12.0 Å². The van der Waals surface area contributed by atoms with Crippen LogP contribution in [0.1, 0.15) is 38.1 Å². The largest absolute Gasteiger partial charge is 0.493 e. The maximum Gasteiger partial charge on any atom is 0.150 e. The van der Waals surface area contributed by atoms with E-state index in [9.17, 15) is 4.79 Å². The van der Waals surface area contributed by atoms with E-state index in [-0.39, 0.29) is 5.41 Å². The molecule has 0 aliphatic rings. The summed E-state index contributed by atoms with van der Waals surface area (Å²) in [6.45, 7) is 9.46. The van der Waals surface area contributed by atoms with Crippen LogP contribution in [0.5, 0.6) is 5.75 Å². The summed E-state index contributed by atoms with van der Waals surface area (Å²) in [5.41, 5.74) is 0.832. The second-order valence-corrected chi connectivity index (χ2v) is 5.12. The van der Waals surface area contributed by atoms with Crippen LogP contribution in [0.4, 0.5) is 0 Å². The Balaban J connectivity index is 2.58. The predicted molar refractivity (Wildman–Crippen MR) is 65.9 cm³/mol. The van der Waals surface area contributed by atoms with Crippen LogP contribution >= 0.6 is 0 Å². The van der Waals surface area contributed by atoms with Crippen molar-refractivity contribution in [2.24, 2.45) is 11.3 Å². The van der Waals surface area contributed by atoms with Gasteiger partial charge in [-0.25, -0.2) is 0 Å². The fraction of sp³-hybridized carbons (Fsp3) is 0.500. The van der Waals surface area contributed by atoms with E-state index in [1.807, 2.05) is 12.1 Å². The van der Waals surface area contributed by atoms with Gasteiger partial charge in [-0.05, 0) is 30.2 Å². The van der Waals surface area contributed by atoms with Crippen LogP contribution in [0.25, 0.3) is 0 Å². The number of carbonyl (C=O) groups is 1. The summed E-state index contributed by atoms with van der Waals surface area (Å²) in [4.78, 5) is 10.5. The van der Waals surface area contributed by atoms with Gasteiger partial charge in [0.05, 0.1) is 6.61 Å². The van der Waals surface area contributed by atoms with Crippen molar-refractivity contribution in [3.8, 4) is 5.75 Å². The molecule has 0 saturated heterocycles.